The number of quaternary nitrogens is 1. The Morgan fingerprint density at radius 1 is 0.864 bits per heavy atom. The van der Waals surface area contributed by atoms with Crippen molar-refractivity contribution in [1.29, 1.82) is 0 Å². The molecule has 4 aliphatic rings. The summed E-state index contributed by atoms with van der Waals surface area (Å²) in [5.74, 6) is 0.0202. The summed E-state index contributed by atoms with van der Waals surface area (Å²) in [6.45, 7) is 9.44. The van der Waals surface area contributed by atoms with Crippen LogP contribution in [0.5, 0.6) is 0 Å². The van der Waals surface area contributed by atoms with Crippen molar-refractivity contribution in [2.45, 2.75) is 57.2 Å². The summed E-state index contributed by atoms with van der Waals surface area (Å²) in [4.78, 5) is 30.4. The fourth-order valence-corrected chi connectivity index (χ4v) is 7.37. The second kappa shape index (κ2) is 14.1. The lowest BCUT2D eigenvalue weighted by Gasteiger charge is -2.50. The van der Waals surface area contributed by atoms with E-state index in [0.717, 1.165) is 35.2 Å². The number of aliphatic hydroxyl groups excluding tert-OH is 1. The van der Waals surface area contributed by atoms with Gasteiger partial charge in [0.2, 0.25) is 11.8 Å². The van der Waals surface area contributed by atoms with Gasteiger partial charge in [-0.05, 0) is 60.9 Å². The maximum atomic E-state index is 13.5. The van der Waals surface area contributed by atoms with Gasteiger partial charge in [-0.15, -0.1) is 0 Å². The summed E-state index contributed by atoms with van der Waals surface area (Å²) in [7, 11) is 0. The van der Waals surface area contributed by atoms with E-state index >= 15 is 0 Å². The highest BCUT2D eigenvalue weighted by atomic mass is 16.3. The Morgan fingerprint density at radius 3 is 2.20 bits per heavy atom. The van der Waals surface area contributed by atoms with Crippen LogP contribution in [0, 0.1) is 5.92 Å². The van der Waals surface area contributed by atoms with Crippen LogP contribution in [0.1, 0.15) is 67.4 Å². The molecule has 4 aliphatic heterocycles. The Morgan fingerprint density at radius 2 is 1.52 bits per heavy atom. The number of piperazine rings is 3. The van der Waals surface area contributed by atoms with Gasteiger partial charge in [0.15, 0.2) is 0 Å². The van der Waals surface area contributed by atoms with E-state index in [2.05, 4.69) is 22.3 Å². The molecule has 2 amide bonds. The molecule has 0 aliphatic carbocycles. The highest BCUT2D eigenvalue weighted by Gasteiger charge is 2.48. The van der Waals surface area contributed by atoms with E-state index in [4.69, 9.17) is 0 Å². The van der Waals surface area contributed by atoms with Gasteiger partial charge in [-0.1, -0.05) is 72.8 Å². The van der Waals surface area contributed by atoms with Crippen LogP contribution >= 0.6 is 0 Å². The average molecular weight is 596 g/mol. The molecule has 4 heterocycles. The summed E-state index contributed by atoms with van der Waals surface area (Å²) in [6.07, 6.45) is 4.42. The number of hydrogen-bond donors (Lipinski definition) is 2. The zero-order valence-electron chi connectivity index (χ0n) is 25.8. The predicted octanol–water partition coefficient (Wildman–Crippen LogP) is 5.23. The van der Waals surface area contributed by atoms with Crippen molar-refractivity contribution in [3.8, 4) is 0 Å². The molecule has 2 N–H and O–H groups in total. The summed E-state index contributed by atoms with van der Waals surface area (Å²) < 4.78 is 1.30. The van der Waals surface area contributed by atoms with Gasteiger partial charge < -0.3 is 19.8 Å². The molecular formula is C37H47N4O3+. The van der Waals surface area contributed by atoms with Gasteiger partial charge in [-0.25, -0.2) is 0 Å². The predicted molar refractivity (Wildman–Crippen MR) is 174 cm³/mol. The number of benzene rings is 3. The van der Waals surface area contributed by atoms with Crippen LogP contribution in [0.4, 0.5) is 5.69 Å². The van der Waals surface area contributed by atoms with Crippen molar-refractivity contribution < 1.29 is 19.2 Å². The van der Waals surface area contributed by atoms with E-state index in [1.54, 1.807) is 0 Å². The molecule has 7 rings (SSSR count). The van der Waals surface area contributed by atoms with Crippen molar-refractivity contribution in [3.05, 3.63) is 102 Å². The molecule has 0 saturated carbocycles. The molecule has 7 nitrogen and oxygen atoms in total. The molecule has 3 unspecified atom stereocenters. The molecule has 2 bridgehead atoms. The molecule has 0 aromatic heterocycles. The quantitative estimate of drug-likeness (QED) is 0.152. The third-order valence-corrected chi connectivity index (χ3v) is 10.2. The highest BCUT2D eigenvalue weighted by Crippen LogP contribution is 2.46. The van der Waals surface area contributed by atoms with E-state index < -0.39 is 6.10 Å². The molecule has 4 saturated heterocycles. The van der Waals surface area contributed by atoms with Gasteiger partial charge in [0.1, 0.15) is 0 Å². The van der Waals surface area contributed by atoms with Crippen molar-refractivity contribution in [3.63, 3.8) is 0 Å². The Kier molecular flexibility index (Phi) is 9.75. The number of nitrogens with one attached hydrogen (secondary N) is 1. The zero-order chi connectivity index (χ0) is 30.4. The monoisotopic (exact) mass is 595 g/mol. The maximum absolute atomic E-state index is 13.5. The van der Waals surface area contributed by atoms with Crippen LogP contribution in [0.3, 0.4) is 0 Å². The lowest BCUT2D eigenvalue weighted by Crippen LogP contribution is -2.67. The second-order valence-corrected chi connectivity index (χ2v) is 13.0. The third kappa shape index (κ3) is 7.06. The number of carbonyl (C=O) groups is 2. The van der Waals surface area contributed by atoms with E-state index in [-0.39, 0.29) is 23.8 Å². The average Bonchev–Trinajstić information content (AvgIpc) is 3.08. The van der Waals surface area contributed by atoms with Crippen molar-refractivity contribution in [2.24, 2.45) is 5.92 Å². The first-order valence-corrected chi connectivity index (χ1v) is 16.6. The standard InChI is InChI=1S/C37H46N4O3/c42-34(30-10-4-1-5-11-30)20-19-33-36(31-12-6-2-7-13-31)40(37(33)44)32-17-15-29(16-18-32)28-38-35(43)14-8-3-9-24-41-25-21-39(22-26-41)23-27-41/h1-2,4-7,10-13,15-18,33-34,36,42H,3,8-9,14,19-28H2/p+1. The highest BCUT2D eigenvalue weighted by molar-refractivity contribution is 6.03. The third-order valence-electron chi connectivity index (χ3n) is 10.2. The first-order chi connectivity index (χ1) is 21.5. The number of β-lactam (4-membered cyclic amide) rings is 1. The molecule has 4 fully saturated rings. The number of carbonyl (C=O) groups excluding carboxylic acids is 2. The number of unbranched alkanes of at least 4 members (excludes halogenated alkanes) is 2. The summed E-state index contributed by atoms with van der Waals surface area (Å²) >= 11 is 0. The fraction of sp³-hybridized carbons (Fsp3) is 0.459. The van der Waals surface area contributed by atoms with Crippen molar-refractivity contribution in [2.75, 3.05) is 50.7 Å². The maximum Gasteiger partial charge on any atom is 0.233 e. The summed E-state index contributed by atoms with van der Waals surface area (Å²) in [5.41, 5.74) is 3.87. The van der Waals surface area contributed by atoms with Crippen LogP contribution in [-0.4, -0.2) is 72.1 Å². The topological polar surface area (TPSA) is 72.9 Å². The van der Waals surface area contributed by atoms with Gasteiger partial charge in [-0.3, -0.25) is 14.5 Å². The molecule has 0 spiro atoms. The SMILES string of the molecule is O=C(CCCCC[N+]12CCN(CC1)CC2)NCc1ccc(N2C(=O)C(CCC(O)c3ccccc3)C2c2ccccc2)cc1. The van der Waals surface area contributed by atoms with Crippen LogP contribution < -0.4 is 10.2 Å². The first-order valence-electron chi connectivity index (χ1n) is 16.6. The summed E-state index contributed by atoms with van der Waals surface area (Å²) in [6, 6.07) is 27.7. The normalized spacial score (nSPS) is 25.0. The Labute approximate surface area is 262 Å². The molecule has 44 heavy (non-hydrogen) atoms. The molecule has 3 aromatic rings. The molecule has 7 heteroatoms. The van der Waals surface area contributed by atoms with Gasteiger partial charge in [0, 0.05) is 38.3 Å². The zero-order valence-corrected chi connectivity index (χ0v) is 25.8. The van der Waals surface area contributed by atoms with Crippen molar-refractivity contribution in [1.82, 2.24) is 10.2 Å². The minimum absolute atomic E-state index is 0.0680. The molecule has 3 aromatic carbocycles. The second-order valence-electron chi connectivity index (χ2n) is 13.0. The number of amides is 2. The van der Waals surface area contributed by atoms with Crippen LogP contribution in [0.2, 0.25) is 0 Å². The van der Waals surface area contributed by atoms with E-state index in [1.165, 1.54) is 56.7 Å². The number of aliphatic hydroxyl groups is 1. The smallest absolute Gasteiger partial charge is 0.233 e. The van der Waals surface area contributed by atoms with E-state index in [1.807, 2.05) is 77.7 Å². The lowest BCUT2D eigenvalue weighted by atomic mass is 9.78. The van der Waals surface area contributed by atoms with Gasteiger partial charge in [0.25, 0.3) is 0 Å². The lowest BCUT2D eigenvalue weighted by molar-refractivity contribution is -0.941. The number of anilines is 1. The minimum atomic E-state index is -0.585. The first kappa shape index (κ1) is 30.5. The molecule has 0 radical (unpaired) electrons. The Balaban J connectivity index is 0.974. The Hall–Kier alpha value is -3.52. The van der Waals surface area contributed by atoms with Gasteiger partial charge >= 0.3 is 0 Å². The number of nitrogens with zero attached hydrogens (tertiary/aromatic N) is 3. The number of fused-ring (bicyclic) bond motifs is 3. The number of hydrogen-bond acceptors (Lipinski definition) is 4. The molecular weight excluding hydrogens is 548 g/mol. The van der Waals surface area contributed by atoms with Crippen molar-refractivity contribution >= 4 is 17.5 Å². The van der Waals surface area contributed by atoms with Gasteiger partial charge in [0.05, 0.1) is 44.2 Å². The Bertz CT molecular complexity index is 1360. The minimum Gasteiger partial charge on any atom is -0.388 e. The van der Waals surface area contributed by atoms with Crippen LogP contribution in [0.25, 0.3) is 0 Å². The molecule has 232 valence electrons. The largest absolute Gasteiger partial charge is 0.388 e. The van der Waals surface area contributed by atoms with Gasteiger partial charge in [-0.2, -0.15) is 0 Å². The van der Waals surface area contributed by atoms with E-state index in [9.17, 15) is 14.7 Å². The fourth-order valence-electron chi connectivity index (χ4n) is 7.37. The molecule has 3 atom stereocenters. The summed E-state index contributed by atoms with van der Waals surface area (Å²) in [5, 5.41) is 13.8. The van der Waals surface area contributed by atoms with Crippen LogP contribution in [0.15, 0.2) is 84.9 Å². The number of rotatable bonds is 14. The van der Waals surface area contributed by atoms with E-state index in [0.29, 0.717) is 25.8 Å². The van der Waals surface area contributed by atoms with Crippen LogP contribution in [-0.2, 0) is 16.1 Å².